The summed E-state index contributed by atoms with van der Waals surface area (Å²) in [6.07, 6.45) is 3.40. The van der Waals surface area contributed by atoms with Crippen LogP contribution in [0.4, 0.5) is 8.78 Å². The summed E-state index contributed by atoms with van der Waals surface area (Å²) in [6.45, 7) is 1.74. The molecule has 2 heterocycles. The molecule has 4 rings (SSSR count). The average molecular weight is 458 g/mol. The smallest absolute Gasteiger partial charge is 0.270 e. The van der Waals surface area contributed by atoms with Gasteiger partial charge in [-0.25, -0.2) is 13.8 Å². The minimum Gasteiger partial charge on any atom is -0.508 e. The number of carbonyl (C=O) groups excluding carboxylic acids is 1. The van der Waals surface area contributed by atoms with E-state index in [1.54, 1.807) is 43.2 Å². The van der Waals surface area contributed by atoms with Crippen molar-refractivity contribution >= 4 is 5.91 Å². The number of phenols is 1. The molecule has 170 valence electrons. The van der Waals surface area contributed by atoms with E-state index in [0.717, 1.165) is 17.7 Å². The first-order valence-electron chi connectivity index (χ1n) is 10.3. The van der Waals surface area contributed by atoms with Gasteiger partial charge in [-0.2, -0.15) is 5.10 Å². The summed E-state index contributed by atoms with van der Waals surface area (Å²) in [6, 6.07) is 11.1. The molecule has 2 N–H and O–H groups in total. The minimum absolute atomic E-state index is 0.0958. The number of aromatic nitrogens is 3. The SMILES string of the molecule is Cc1cc(C#Cc2cnn(C)c2)cc(C(=O)N[C@@H](c2ccc(F)cc2)c2cc(F)ccc2O)n1. The van der Waals surface area contributed by atoms with Crippen LogP contribution < -0.4 is 5.32 Å². The van der Waals surface area contributed by atoms with Crippen LogP contribution in [0, 0.1) is 30.4 Å². The maximum absolute atomic E-state index is 14.0. The number of hydrogen-bond acceptors (Lipinski definition) is 4. The van der Waals surface area contributed by atoms with Crippen molar-refractivity contribution in [3.8, 4) is 17.6 Å². The van der Waals surface area contributed by atoms with Crippen LogP contribution in [0.3, 0.4) is 0 Å². The third kappa shape index (κ3) is 5.27. The van der Waals surface area contributed by atoms with Gasteiger partial charge in [-0.3, -0.25) is 9.48 Å². The summed E-state index contributed by atoms with van der Waals surface area (Å²) in [5.41, 5.74) is 2.56. The summed E-state index contributed by atoms with van der Waals surface area (Å²) in [4.78, 5) is 17.5. The third-order valence-electron chi connectivity index (χ3n) is 5.02. The summed E-state index contributed by atoms with van der Waals surface area (Å²) >= 11 is 0. The fourth-order valence-electron chi connectivity index (χ4n) is 3.44. The molecule has 0 aliphatic carbocycles. The highest BCUT2D eigenvalue weighted by Gasteiger charge is 2.22. The molecule has 0 fully saturated rings. The van der Waals surface area contributed by atoms with Crippen LogP contribution in [0.25, 0.3) is 0 Å². The molecule has 0 unspecified atom stereocenters. The highest BCUT2D eigenvalue weighted by atomic mass is 19.1. The first-order valence-corrected chi connectivity index (χ1v) is 10.3. The van der Waals surface area contributed by atoms with Gasteiger partial charge in [0.1, 0.15) is 23.1 Å². The van der Waals surface area contributed by atoms with E-state index in [2.05, 4.69) is 27.2 Å². The number of halogens is 2. The Bertz CT molecular complexity index is 1420. The van der Waals surface area contributed by atoms with Gasteiger partial charge in [-0.05, 0) is 55.0 Å². The average Bonchev–Trinajstić information content (AvgIpc) is 3.23. The van der Waals surface area contributed by atoms with Gasteiger partial charge in [0.25, 0.3) is 5.91 Å². The number of nitrogens with one attached hydrogen (secondary N) is 1. The van der Waals surface area contributed by atoms with Crippen LogP contribution in [-0.4, -0.2) is 25.8 Å². The number of rotatable bonds is 4. The van der Waals surface area contributed by atoms with Crippen LogP contribution >= 0.6 is 0 Å². The molecule has 1 amide bonds. The van der Waals surface area contributed by atoms with Gasteiger partial charge in [-0.1, -0.05) is 24.0 Å². The molecule has 4 aromatic rings. The van der Waals surface area contributed by atoms with Crippen molar-refractivity contribution in [2.75, 3.05) is 0 Å². The lowest BCUT2D eigenvalue weighted by molar-refractivity contribution is 0.0937. The molecule has 1 atom stereocenters. The number of hydrogen-bond donors (Lipinski definition) is 2. The number of aryl methyl sites for hydroxylation is 2. The lowest BCUT2D eigenvalue weighted by Crippen LogP contribution is -2.30. The normalized spacial score (nSPS) is 11.4. The van der Waals surface area contributed by atoms with Gasteiger partial charge in [0.2, 0.25) is 0 Å². The number of phenolic OH excluding ortho intramolecular Hbond substituents is 1. The van der Waals surface area contributed by atoms with Crippen LogP contribution in [0.15, 0.2) is 67.0 Å². The molecule has 34 heavy (non-hydrogen) atoms. The molecular weight excluding hydrogens is 438 g/mol. The maximum atomic E-state index is 14.0. The van der Waals surface area contributed by atoms with E-state index < -0.39 is 23.6 Å². The Balaban J connectivity index is 1.68. The zero-order valence-electron chi connectivity index (χ0n) is 18.4. The molecule has 0 aliphatic rings. The molecule has 6 nitrogen and oxygen atoms in total. The minimum atomic E-state index is -0.948. The lowest BCUT2D eigenvalue weighted by Gasteiger charge is -2.21. The van der Waals surface area contributed by atoms with E-state index in [4.69, 9.17) is 0 Å². The Labute approximate surface area is 194 Å². The Morgan fingerprint density at radius 2 is 1.74 bits per heavy atom. The zero-order valence-corrected chi connectivity index (χ0v) is 18.4. The summed E-state index contributed by atoms with van der Waals surface area (Å²) in [5.74, 6) is 4.15. The summed E-state index contributed by atoms with van der Waals surface area (Å²) in [7, 11) is 1.79. The van der Waals surface area contributed by atoms with E-state index >= 15 is 0 Å². The molecule has 0 bridgehead atoms. The first-order chi connectivity index (χ1) is 16.3. The number of benzene rings is 2. The van der Waals surface area contributed by atoms with Crippen molar-refractivity contribution in [3.05, 3.63) is 112 Å². The van der Waals surface area contributed by atoms with Gasteiger partial charge in [0, 0.05) is 30.1 Å². The molecule has 0 saturated carbocycles. The number of nitrogens with zero attached hydrogens (tertiary/aromatic N) is 3. The van der Waals surface area contributed by atoms with E-state index in [1.165, 1.54) is 30.3 Å². The Hall–Kier alpha value is -4.51. The van der Waals surface area contributed by atoms with Crippen LogP contribution in [0.1, 0.15) is 44.5 Å². The highest BCUT2D eigenvalue weighted by molar-refractivity contribution is 5.93. The van der Waals surface area contributed by atoms with E-state index in [-0.39, 0.29) is 17.0 Å². The second-order valence-corrected chi connectivity index (χ2v) is 7.70. The molecule has 0 spiro atoms. The maximum Gasteiger partial charge on any atom is 0.270 e. The van der Waals surface area contributed by atoms with Crippen molar-refractivity contribution in [3.63, 3.8) is 0 Å². The number of carbonyl (C=O) groups is 1. The van der Waals surface area contributed by atoms with Crippen molar-refractivity contribution < 1.29 is 18.7 Å². The van der Waals surface area contributed by atoms with Gasteiger partial charge in [0.05, 0.1) is 17.8 Å². The largest absolute Gasteiger partial charge is 0.508 e. The monoisotopic (exact) mass is 458 g/mol. The third-order valence-corrected chi connectivity index (χ3v) is 5.02. The standard InChI is InChI=1S/C26H20F2N4O2/c1-16-11-17(3-4-18-14-29-32(2)15-18)12-23(30-16)26(34)31-25(19-5-7-20(27)8-6-19)22-13-21(28)9-10-24(22)33/h5-15,25,33H,1-2H3,(H,31,34)/t25-/m0/s1. The van der Waals surface area contributed by atoms with Crippen molar-refractivity contribution in [2.45, 2.75) is 13.0 Å². The quantitative estimate of drug-likeness (QED) is 0.453. The Morgan fingerprint density at radius 1 is 1.03 bits per heavy atom. The van der Waals surface area contributed by atoms with E-state index in [1.807, 2.05) is 0 Å². The van der Waals surface area contributed by atoms with Crippen molar-refractivity contribution in [1.29, 1.82) is 0 Å². The second kappa shape index (κ2) is 9.55. The van der Waals surface area contributed by atoms with E-state index in [9.17, 15) is 18.7 Å². The Morgan fingerprint density at radius 3 is 2.44 bits per heavy atom. The van der Waals surface area contributed by atoms with Gasteiger partial charge in [-0.15, -0.1) is 0 Å². The molecule has 2 aromatic heterocycles. The zero-order chi connectivity index (χ0) is 24.2. The summed E-state index contributed by atoms with van der Waals surface area (Å²) < 4.78 is 29.1. The molecular formula is C26H20F2N4O2. The van der Waals surface area contributed by atoms with E-state index in [0.29, 0.717) is 16.8 Å². The molecule has 0 saturated heterocycles. The van der Waals surface area contributed by atoms with Crippen molar-refractivity contribution in [1.82, 2.24) is 20.1 Å². The number of pyridine rings is 1. The Kier molecular flexibility index (Phi) is 6.37. The lowest BCUT2D eigenvalue weighted by atomic mass is 9.97. The number of aromatic hydroxyl groups is 1. The molecule has 0 radical (unpaired) electrons. The number of amides is 1. The van der Waals surface area contributed by atoms with Gasteiger partial charge >= 0.3 is 0 Å². The van der Waals surface area contributed by atoms with Crippen LogP contribution in [0.2, 0.25) is 0 Å². The molecule has 8 heteroatoms. The van der Waals surface area contributed by atoms with Crippen molar-refractivity contribution in [2.24, 2.45) is 7.05 Å². The highest BCUT2D eigenvalue weighted by Crippen LogP contribution is 2.30. The predicted molar refractivity (Wildman–Crippen MR) is 122 cm³/mol. The first kappa shape index (κ1) is 22.7. The second-order valence-electron chi connectivity index (χ2n) is 7.70. The fourth-order valence-corrected chi connectivity index (χ4v) is 3.44. The fraction of sp³-hybridized carbons (Fsp3) is 0.115. The van der Waals surface area contributed by atoms with Gasteiger partial charge in [0.15, 0.2) is 0 Å². The van der Waals surface area contributed by atoms with Crippen LogP contribution in [0.5, 0.6) is 5.75 Å². The molecule has 2 aromatic carbocycles. The summed E-state index contributed by atoms with van der Waals surface area (Å²) in [5, 5.41) is 17.2. The molecule has 0 aliphatic heterocycles. The topological polar surface area (TPSA) is 80.0 Å². The predicted octanol–water partition coefficient (Wildman–Crippen LogP) is 4.03. The van der Waals surface area contributed by atoms with Gasteiger partial charge < -0.3 is 10.4 Å². The van der Waals surface area contributed by atoms with Crippen LogP contribution in [-0.2, 0) is 7.05 Å².